The molecule has 1 aliphatic heterocycles. The summed E-state index contributed by atoms with van der Waals surface area (Å²) in [5.74, 6) is 0. The van der Waals surface area contributed by atoms with Crippen LogP contribution in [0.3, 0.4) is 0 Å². The molecule has 5 heteroatoms. The van der Waals surface area contributed by atoms with E-state index in [0.717, 1.165) is 10.8 Å². The van der Waals surface area contributed by atoms with Gasteiger partial charge >= 0.3 is 0 Å². The number of aromatic nitrogens is 2. The molecule has 4 rings (SSSR count). The van der Waals surface area contributed by atoms with Gasteiger partial charge in [-0.25, -0.2) is 0 Å². The average Bonchev–Trinajstić information content (AvgIpc) is 3.19. The number of rotatable bonds is 3. The fourth-order valence-electron chi connectivity index (χ4n) is 4.15. The van der Waals surface area contributed by atoms with Crippen molar-refractivity contribution < 1.29 is 0 Å². The van der Waals surface area contributed by atoms with Crippen LogP contribution >= 0.6 is 12.2 Å². The van der Waals surface area contributed by atoms with Crippen LogP contribution in [0.4, 0.5) is 0 Å². The Morgan fingerprint density at radius 3 is 2.62 bits per heavy atom. The van der Waals surface area contributed by atoms with Gasteiger partial charge in [-0.05, 0) is 56.2 Å². The number of hydrogen-bond acceptors (Lipinski definition) is 2. The molecule has 3 heterocycles. The highest BCUT2D eigenvalue weighted by atomic mass is 32.1. The third-order valence-corrected chi connectivity index (χ3v) is 5.61. The maximum Gasteiger partial charge on any atom is 0.170 e. The molecule has 0 radical (unpaired) electrons. The van der Waals surface area contributed by atoms with Gasteiger partial charge in [-0.15, -0.1) is 0 Å². The van der Waals surface area contributed by atoms with E-state index in [4.69, 9.17) is 12.2 Å². The number of H-pyrrole nitrogens is 1. The van der Waals surface area contributed by atoms with E-state index in [1.807, 2.05) is 18.3 Å². The van der Waals surface area contributed by atoms with E-state index in [0.29, 0.717) is 6.04 Å². The molecule has 0 spiro atoms. The molecule has 2 aliphatic rings. The predicted octanol–water partition coefficient (Wildman–Crippen LogP) is 4.02. The molecule has 2 unspecified atom stereocenters. The van der Waals surface area contributed by atoms with Crippen LogP contribution in [0.2, 0.25) is 0 Å². The first kappa shape index (κ1) is 15.6. The molecular formula is C19H24N4S. The van der Waals surface area contributed by atoms with Crippen molar-refractivity contribution in [1.29, 1.82) is 0 Å². The van der Waals surface area contributed by atoms with Gasteiger partial charge in [0, 0.05) is 23.6 Å². The monoisotopic (exact) mass is 340 g/mol. The number of hydrogen-bond donors (Lipinski definition) is 2. The highest BCUT2D eigenvalue weighted by Crippen LogP contribution is 2.41. The molecule has 2 fully saturated rings. The van der Waals surface area contributed by atoms with Crippen molar-refractivity contribution in [3.8, 4) is 0 Å². The van der Waals surface area contributed by atoms with Crippen LogP contribution in [-0.4, -0.2) is 26.0 Å². The van der Waals surface area contributed by atoms with Gasteiger partial charge in [-0.2, -0.15) is 0 Å². The maximum atomic E-state index is 5.76. The zero-order chi connectivity index (χ0) is 16.5. The fourth-order valence-corrected chi connectivity index (χ4v) is 4.54. The Morgan fingerprint density at radius 2 is 1.96 bits per heavy atom. The molecule has 24 heavy (non-hydrogen) atoms. The largest absolute Gasteiger partial charge is 0.361 e. The zero-order valence-electron chi connectivity index (χ0n) is 14.0. The highest BCUT2D eigenvalue weighted by Gasteiger charge is 2.43. The number of nitrogens with one attached hydrogen (secondary N) is 2. The van der Waals surface area contributed by atoms with E-state index in [1.54, 1.807) is 0 Å². The summed E-state index contributed by atoms with van der Waals surface area (Å²) in [4.78, 5) is 10.6. The normalized spacial score (nSPS) is 25.0. The van der Waals surface area contributed by atoms with Crippen LogP contribution in [-0.2, 0) is 0 Å². The van der Waals surface area contributed by atoms with E-state index in [1.165, 1.54) is 43.5 Å². The van der Waals surface area contributed by atoms with E-state index in [-0.39, 0.29) is 12.1 Å². The van der Waals surface area contributed by atoms with Gasteiger partial charge in [0.1, 0.15) is 0 Å². The van der Waals surface area contributed by atoms with Gasteiger partial charge in [-0.1, -0.05) is 25.3 Å². The Bertz CT molecular complexity index is 705. The summed E-state index contributed by atoms with van der Waals surface area (Å²) in [6.45, 7) is 2.10. The molecular weight excluding hydrogens is 316 g/mol. The zero-order valence-corrected chi connectivity index (χ0v) is 14.9. The van der Waals surface area contributed by atoms with Crippen LogP contribution in [0.1, 0.15) is 61.3 Å². The lowest BCUT2D eigenvalue weighted by Crippen LogP contribution is -2.40. The lowest BCUT2D eigenvalue weighted by molar-refractivity contribution is 0.194. The van der Waals surface area contributed by atoms with E-state index in [9.17, 15) is 0 Å². The summed E-state index contributed by atoms with van der Waals surface area (Å²) >= 11 is 5.76. The molecule has 1 saturated heterocycles. The highest BCUT2D eigenvalue weighted by molar-refractivity contribution is 7.80. The molecule has 2 N–H and O–H groups in total. The van der Waals surface area contributed by atoms with Gasteiger partial charge in [0.2, 0.25) is 0 Å². The standard InChI is InChI=1S/C19H24N4S/c1-13-10-11-16(21-13)18-17(15-9-5-6-12-20-15)22-19(24)23(18)14-7-3-2-4-8-14/h5-6,9-12,14,17-18,21H,2-4,7-8H2,1H3,(H,22,24). The molecule has 0 bridgehead atoms. The minimum absolute atomic E-state index is 0.0960. The van der Waals surface area contributed by atoms with Gasteiger partial charge in [0.15, 0.2) is 5.11 Å². The minimum Gasteiger partial charge on any atom is -0.361 e. The Balaban J connectivity index is 1.73. The molecule has 0 amide bonds. The van der Waals surface area contributed by atoms with Gasteiger partial charge in [-0.3, -0.25) is 4.98 Å². The summed E-state index contributed by atoms with van der Waals surface area (Å²) < 4.78 is 0. The average molecular weight is 340 g/mol. The Morgan fingerprint density at radius 1 is 1.12 bits per heavy atom. The molecule has 0 aromatic carbocycles. The fraction of sp³-hybridized carbons (Fsp3) is 0.474. The summed E-state index contributed by atoms with van der Waals surface area (Å²) in [6.07, 6.45) is 8.27. The second-order valence-electron chi connectivity index (χ2n) is 6.92. The molecule has 1 aliphatic carbocycles. The van der Waals surface area contributed by atoms with Crippen LogP contribution in [0, 0.1) is 6.92 Å². The number of nitrogens with zero attached hydrogens (tertiary/aromatic N) is 2. The van der Waals surface area contributed by atoms with Gasteiger partial charge < -0.3 is 15.2 Å². The number of thiocarbonyl (C=S) groups is 1. The van der Waals surface area contributed by atoms with Gasteiger partial charge in [0.05, 0.1) is 17.8 Å². The molecule has 4 nitrogen and oxygen atoms in total. The second kappa shape index (κ2) is 6.55. The van der Waals surface area contributed by atoms with Crippen molar-refractivity contribution in [3.63, 3.8) is 0 Å². The van der Waals surface area contributed by atoms with E-state index >= 15 is 0 Å². The quantitative estimate of drug-likeness (QED) is 0.828. The number of pyridine rings is 1. The first-order valence-corrected chi connectivity index (χ1v) is 9.30. The van der Waals surface area contributed by atoms with E-state index < -0.39 is 0 Å². The lowest BCUT2D eigenvalue weighted by atomic mass is 9.92. The molecule has 1 saturated carbocycles. The van der Waals surface area contributed by atoms with Crippen molar-refractivity contribution >= 4 is 17.3 Å². The topological polar surface area (TPSA) is 44.0 Å². The third-order valence-electron chi connectivity index (χ3n) is 5.28. The Labute approximate surface area is 148 Å². The Hall–Kier alpha value is -1.88. The summed E-state index contributed by atoms with van der Waals surface area (Å²) in [6, 6.07) is 11.3. The maximum absolute atomic E-state index is 5.76. The van der Waals surface area contributed by atoms with Crippen LogP contribution in [0.25, 0.3) is 0 Å². The van der Waals surface area contributed by atoms with Crippen molar-refractivity contribution in [1.82, 2.24) is 20.2 Å². The smallest absolute Gasteiger partial charge is 0.170 e. The van der Waals surface area contributed by atoms with Crippen molar-refractivity contribution in [2.75, 3.05) is 0 Å². The molecule has 2 atom stereocenters. The lowest BCUT2D eigenvalue weighted by Gasteiger charge is -2.36. The van der Waals surface area contributed by atoms with E-state index in [2.05, 4.69) is 45.3 Å². The van der Waals surface area contributed by atoms with Crippen molar-refractivity contribution in [2.45, 2.75) is 57.2 Å². The number of aryl methyl sites for hydroxylation is 1. The summed E-state index contributed by atoms with van der Waals surface area (Å²) in [7, 11) is 0. The minimum atomic E-state index is 0.0960. The Kier molecular flexibility index (Phi) is 4.27. The summed E-state index contributed by atoms with van der Waals surface area (Å²) in [5.41, 5.74) is 3.46. The first-order chi connectivity index (χ1) is 11.7. The second-order valence-corrected chi connectivity index (χ2v) is 7.31. The number of aromatic amines is 1. The third kappa shape index (κ3) is 2.81. The van der Waals surface area contributed by atoms with Crippen LogP contribution < -0.4 is 5.32 Å². The molecule has 2 aromatic rings. The predicted molar refractivity (Wildman–Crippen MR) is 99.7 cm³/mol. The van der Waals surface area contributed by atoms with Crippen LogP contribution in [0.15, 0.2) is 36.5 Å². The molecule has 126 valence electrons. The van der Waals surface area contributed by atoms with Crippen molar-refractivity contribution in [3.05, 3.63) is 53.6 Å². The summed E-state index contributed by atoms with van der Waals surface area (Å²) in [5, 5.41) is 4.42. The molecule has 2 aromatic heterocycles. The first-order valence-electron chi connectivity index (χ1n) is 8.89. The van der Waals surface area contributed by atoms with Gasteiger partial charge in [0.25, 0.3) is 0 Å². The van der Waals surface area contributed by atoms with Crippen molar-refractivity contribution in [2.24, 2.45) is 0 Å². The SMILES string of the molecule is Cc1ccc(C2C(c3ccccn3)NC(=S)N2C2CCCCC2)[nH]1. The van der Waals surface area contributed by atoms with Crippen LogP contribution in [0.5, 0.6) is 0 Å².